The normalized spacial score (nSPS) is 21.4. The Balaban J connectivity index is 1.20. The number of rotatable bonds is 7. The summed E-state index contributed by atoms with van der Waals surface area (Å²) >= 11 is 0. The van der Waals surface area contributed by atoms with Gasteiger partial charge in [-0.25, -0.2) is 0 Å². The summed E-state index contributed by atoms with van der Waals surface area (Å²) in [6.45, 7) is 6.08. The first kappa shape index (κ1) is 21.0. The van der Waals surface area contributed by atoms with Gasteiger partial charge < -0.3 is 5.32 Å². The molecule has 0 aliphatic carbocycles. The zero-order valence-electron chi connectivity index (χ0n) is 17.9. The highest BCUT2D eigenvalue weighted by Gasteiger charge is 2.31. The Morgan fingerprint density at radius 2 is 1.73 bits per heavy atom. The Morgan fingerprint density at radius 3 is 2.50 bits per heavy atom. The lowest BCUT2D eigenvalue weighted by Crippen LogP contribution is -2.50. The fraction of sp³-hybridized carbons (Fsp3) is 0.520. The molecule has 5 nitrogen and oxygen atoms in total. The number of carbonyl (C=O) groups excluding carboxylic acids is 1. The van der Waals surface area contributed by atoms with Gasteiger partial charge in [0.15, 0.2) is 0 Å². The van der Waals surface area contributed by atoms with E-state index in [0.717, 1.165) is 58.5 Å². The van der Waals surface area contributed by atoms with Crippen LogP contribution in [0.3, 0.4) is 0 Å². The fourth-order valence-electron chi connectivity index (χ4n) is 4.86. The van der Waals surface area contributed by atoms with E-state index >= 15 is 0 Å². The van der Waals surface area contributed by atoms with Gasteiger partial charge in [-0.15, -0.1) is 0 Å². The Hall–Kier alpha value is -2.24. The summed E-state index contributed by atoms with van der Waals surface area (Å²) in [4.78, 5) is 22.0. The molecule has 1 aromatic carbocycles. The molecule has 3 heterocycles. The summed E-state index contributed by atoms with van der Waals surface area (Å²) in [7, 11) is 0. The molecule has 30 heavy (non-hydrogen) atoms. The maximum Gasteiger partial charge on any atom is 0.224 e. The second-order valence-corrected chi connectivity index (χ2v) is 8.72. The number of likely N-dealkylation sites (tertiary alicyclic amines) is 2. The van der Waals surface area contributed by atoms with E-state index in [2.05, 4.69) is 56.5 Å². The van der Waals surface area contributed by atoms with Crippen molar-refractivity contribution >= 4 is 5.91 Å². The fourth-order valence-corrected chi connectivity index (χ4v) is 4.86. The predicted octanol–water partition coefficient (Wildman–Crippen LogP) is 3.12. The highest BCUT2D eigenvalue weighted by Crippen LogP contribution is 2.24. The maximum absolute atomic E-state index is 12.7. The summed E-state index contributed by atoms with van der Waals surface area (Å²) in [5.41, 5.74) is 2.62. The van der Waals surface area contributed by atoms with Crippen molar-refractivity contribution in [3.05, 3.63) is 66.0 Å². The Bertz CT molecular complexity index is 774. The first-order valence-corrected chi connectivity index (χ1v) is 11.4. The van der Waals surface area contributed by atoms with Gasteiger partial charge in [0.25, 0.3) is 0 Å². The van der Waals surface area contributed by atoms with Crippen molar-refractivity contribution in [2.24, 2.45) is 5.92 Å². The van der Waals surface area contributed by atoms with Crippen molar-refractivity contribution in [3.8, 4) is 0 Å². The van der Waals surface area contributed by atoms with E-state index in [-0.39, 0.29) is 11.8 Å². The second-order valence-electron chi connectivity index (χ2n) is 8.72. The van der Waals surface area contributed by atoms with Crippen LogP contribution in [0.15, 0.2) is 54.9 Å². The number of aromatic nitrogens is 1. The third-order valence-electron chi connectivity index (χ3n) is 6.61. The predicted molar refractivity (Wildman–Crippen MR) is 120 cm³/mol. The number of carbonyl (C=O) groups is 1. The number of piperidine rings is 2. The van der Waals surface area contributed by atoms with Gasteiger partial charge in [-0.1, -0.05) is 30.3 Å². The van der Waals surface area contributed by atoms with Gasteiger partial charge in [0.2, 0.25) is 5.91 Å². The highest BCUT2D eigenvalue weighted by molar-refractivity contribution is 5.79. The van der Waals surface area contributed by atoms with Crippen molar-refractivity contribution in [2.45, 2.75) is 44.7 Å². The average molecular weight is 407 g/mol. The second kappa shape index (κ2) is 10.7. The number of hydrogen-bond donors (Lipinski definition) is 1. The molecule has 4 rings (SSSR count). The van der Waals surface area contributed by atoms with Crippen LogP contribution in [0.5, 0.6) is 0 Å². The molecule has 0 bridgehead atoms. The Kier molecular flexibility index (Phi) is 7.49. The molecule has 1 amide bonds. The molecular formula is C25H34N4O. The minimum Gasteiger partial charge on any atom is -0.355 e. The van der Waals surface area contributed by atoms with E-state index in [0.29, 0.717) is 6.04 Å². The first-order chi connectivity index (χ1) is 14.8. The standard InChI is InChI=1S/C25H34N4O/c30-25(27-15-10-21-5-2-1-3-6-21)23-7-4-16-29(20-23)24-11-17-28(18-12-24)19-22-8-13-26-14-9-22/h1-3,5-6,8-9,13-14,23-24H,4,7,10-12,15-20H2,(H,27,30)/t23-/m0/s1. The van der Waals surface area contributed by atoms with Crippen molar-refractivity contribution in [2.75, 3.05) is 32.7 Å². The Labute approximate surface area is 180 Å². The molecule has 1 N–H and O–H groups in total. The molecule has 1 atom stereocenters. The van der Waals surface area contributed by atoms with Crippen LogP contribution in [-0.2, 0) is 17.8 Å². The molecule has 5 heteroatoms. The van der Waals surface area contributed by atoms with Crippen LogP contribution >= 0.6 is 0 Å². The van der Waals surface area contributed by atoms with E-state index in [1.165, 1.54) is 24.0 Å². The van der Waals surface area contributed by atoms with E-state index in [1.807, 2.05) is 18.5 Å². The summed E-state index contributed by atoms with van der Waals surface area (Å²) in [6.07, 6.45) is 9.21. The molecule has 0 spiro atoms. The smallest absolute Gasteiger partial charge is 0.224 e. The van der Waals surface area contributed by atoms with Crippen molar-refractivity contribution < 1.29 is 4.79 Å². The molecule has 2 aliphatic heterocycles. The van der Waals surface area contributed by atoms with Gasteiger partial charge in [0.1, 0.15) is 0 Å². The molecular weight excluding hydrogens is 372 g/mol. The third-order valence-corrected chi connectivity index (χ3v) is 6.61. The number of nitrogens with zero attached hydrogens (tertiary/aromatic N) is 3. The summed E-state index contributed by atoms with van der Waals surface area (Å²) in [5.74, 6) is 0.384. The van der Waals surface area contributed by atoms with Crippen molar-refractivity contribution in [1.29, 1.82) is 0 Å². The van der Waals surface area contributed by atoms with Crippen LogP contribution in [-0.4, -0.2) is 59.5 Å². The quantitative estimate of drug-likeness (QED) is 0.768. The lowest BCUT2D eigenvalue weighted by molar-refractivity contribution is -0.127. The number of benzene rings is 1. The van der Waals surface area contributed by atoms with Gasteiger partial charge in [-0.3, -0.25) is 19.6 Å². The summed E-state index contributed by atoms with van der Waals surface area (Å²) < 4.78 is 0. The number of amides is 1. The average Bonchev–Trinajstić information content (AvgIpc) is 2.81. The molecule has 0 unspecified atom stereocenters. The van der Waals surface area contributed by atoms with Crippen LogP contribution in [0, 0.1) is 5.92 Å². The van der Waals surface area contributed by atoms with Crippen molar-refractivity contribution in [1.82, 2.24) is 20.1 Å². The lowest BCUT2D eigenvalue weighted by Gasteiger charge is -2.42. The molecule has 0 radical (unpaired) electrons. The molecule has 160 valence electrons. The topological polar surface area (TPSA) is 48.5 Å². The minimum absolute atomic E-state index is 0.143. The monoisotopic (exact) mass is 406 g/mol. The van der Waals surface area contributed by atoms with Crippen LogP contribution < -0.4 is 5.32 Å². The maximum atomic E-state index is 12.7. The number of nitrogens with one attached hydrogen (secondary N) is 1. The zero-order valence-corrected chi connectivity index (χ0v) is 17.9. The number of pyridine rings is 1. The van der Waals surface area contributed by atoms with Gasteiger partial charge in [0, 0.05) is 38.1 Å². The summed E-state index contributed by atoms with van der Waals surface area (Å²) in [6, 6.07) is 15.2. The SMILES string of the molecule is O=C(NCCc1ccccc1)[C@H]1CCCN(C2CCN(Cc3ccncc3)CC2)C1. The van der Waals surface area contributed by atoms with Crippen molar-refractivity contribution in [3.63, 3.8) is 0 Å². The largest absolute Gasteiger partial charge is 0.355 e. The van der Waals surface area contributed by atoms with Crippen LogP contribution in [0.4, 0.5) is 0 Å². The minimum atomic E-state index is 0.143. The van der Waals surface area contributed by atoms with E-state index in [4.69, 9.17) is 0 Å². The molecule has 0 saturated carbocycles. The molecule has 1 aromatic heterocycles. The highest BCUT2D eigenvalue weighted by atomic mass is 16.1. The lowest BCUT2D eigenvalue weighted by atomic mass is 9.93. The van der Waals surface area contributed by atoms with Gasteiger partial charge in [-0.05, 0) is 75.0 Å². The van der Waals surface area contributed by atoms with E-state index in [1.54, 1.807) is 0 Å². The summed E-state index contributed by atoms with van der Waals surface area (Å²) in [5, 5.41) is 3.18. The molecule has 2 saturated heterocycles. The van der Waals surface area contributed by atoms with Gasteiger partial charge >= 0.3 is 0 Å². The Morgan fingerprint density at radius 1 is 0.967 bits per heavy atom. The van der Waals surface area contributed by atoms with Crippen LogP contribution in [0.2, 0.25) is 0 Å². The molecule has 2 aromatic rings. The zero-order chi connectivity index (χ0) is 20.6. The molecule has 2 aliphatic rings. The van der Waals surface area contributed by atoms with Gasteiger partial charge in [0.05, 0.1) is 5.92 Å². The van der Waals surface area contributed by atoms with Crippen LogP contribution in [0.1, 0.15) is 36.8 Å². The number of hydrogen-bond acceptors (Lipinski definition) is 4. The van der Waals surface area contributed by atoms with Gasteiger partial charge in [-0.2, -0.15) is 0 Å². The van der Waals surface area contributed by atoms with E-state index in [9.17, 15) is 4.79 Å². The first-order valence-electron chi connectivity index (χ1n) is 11.4. The molecule has 2 fully saturated rings. The van der Waals surface area contributed by atoms with E-state index < -0.39 is 0 Å². The van der Waals surface area contributed by atoms with Crippen LogP contribution in [0.25, 0.3) is 0 Å². The third kappa shape index (κ3) is 5.89.